The summed E-state index contributed by atoms with van der Waals surface area (Å²) in [5.74, 6) is 0.429. The first-order valence-corrected chi connectivity index (χ1v) is 7.69. The molecule has 1 atom stereocenters. The normalized spacial score (nSPS) is 21.4. The fraction of sp³-hybridized carbons (Fsp3) is 0.667. The van der Waals surface area contributed by atoms with Gasteiger partial charge in [0.2, 0.25) is 0 Å². The number of cyclic esters (lactones) is 1. The second-order valence-electron chi connectivity index (χ2n) is 6.26. The lowest BCUT2D eigenvalue weighted by Gasteiger charge is -2.12. The van der Waals surface area contributed by atoms with Crippen LogP contribution in [0.1, 0.15) is 54.4 Å². The smallest absolute Gasteiger partial charge is 0.410 e. The first-order chi connectivity index (χ1) is 10.5. The van der Waals surface area contributed by atoms with Crippen LogP contribution in [0.25, 0.3) is 0 Å². The van der Waals surface area contributed by atoms with Crippen molar-refractivity contribution < 1.29 is 18.8 Å². The third-order valence-electron chi connectivity index (χ3n) is 4.02. The van der Waals surface area contributed by atoms with E-state index in [1.807, 2.05) is 13.8 Å². The van der Waals surface area contributed by atoms with Crippen molar-refractivity contribution in [3.8, 4) is 0 Å². The molecule has 1 aromatic rings. The molecule has 120 valence electrons. The Balaban J connectivity index is 1.59. The maximum atomic E-state index is 12.4. The van der Waals surface area contributed by atoms with Crippen molar-refractivity contribution in [1.29, 1.82) is 0 Å². The Labute approximate surface area is 129 Å². The zero-order valence-corrected chi connectivity index (χ0v) is 13.1. The Morgan fingerprint density at radius 2 is 2.18 bits per heavy atom. The minimum Gasteiger partial charge on any atom is -0.442 e. The highest BCUT2D eigenvalue weighted by atomic mass is 16.6. The van der Waals surface area contributed by atoms with Crippen molar-refractivity contribution in [2.75, 3.05) is 13.1 Å². The molecule has 2 heterocycles. The summed E-state index contributed by atoms with van der Waals surface area (Å²) in [6, 6.07) is 0.334. The SMILES string of the molecule is Cc1noc(C(C)C)c1C(=O)NCC1CN(C2CC2)C(=O)O1. The molecule has 1 N–H and O–H groups in total. The Hall–Kier alpha value is -2.05. The Morgan fingerprint density at radius 3 is 2.82 bits per heavy atom. The zero-order valence-electron chi connectivity index (χ0n) is 13.1. The van der Waals surface area contributed by atoms with Gasteiger partial charge in [0.15, 0.2) is 5.76 Å². The van der Waals surface area contributed by atoms with Crippen LogP contribution in [-0.2, 0) is 4.74 Å². The van der Waals surface area contributed by atoms with Crippen molar-refractivity contribution in [3.63, 3.8) is 0 Å². The summed E-state index contributed by atoms with van der Waals surface area (Å²) in [5, 5.41) is 6.69. The van der Waals surface area contributed by atoms with Crippen molar-refractivity contribution in [1.82, 2.24) is 15.4 Å². The molecule has 0 spiro atoms. The van der Waals surface area contributed by atoms with Gasteiger partial charge in [-0.25, -0.2) is 4.79 Å². The molecule has 2 aliphatic rings. The van der Waals surface area contributed by atoms with Gasteiger partial charge in [-0.1, -0.05) is 19.0 Å². The van der Waals surface area contributed by atoms with Crippen molar-refractivity contribution in [3.05, 3.63) is 17.0 Å². The van der Waals surface area contributed by atoms with Gasteiger partial charge in [0.25, 0.3) is 5.91 Å². The van der Waals surface area contributed by atoms with Crippen LogP contribution in [0.15, 0.2) is 4.52 Å². The fourth-order valence-corrected chi connectivity index (χ4v) is 2.68. The molecule has 2 fully saturated rings. The monoisotopic (exact) mass is 307 g/mol. The molecule has 1 saturated carbocycles. The predicted octanol–water partition coefficient (Wildman–Crippen LogP) is 1.82. The molecule has 1 saturated heterocycles. The maximum absolute atomic E-state index is 12.4. The molecule has 0 aromatic carbocycles. The summed E-state index contributed by atoms with van der Waals surface area (Å²) >= 11 is 0. The predicted molar refractivity (Wildman–Crippen MR) is 77.7 cm³/mol. The van der Waals surface area contributed by atoms with Gasteiger partial charge in [-0.3, -0.25) is 4.79 Å². The quantitative estimate of drug-likeness (QED) is 0.897. The number of amides is 2. The summed E-state index contributed by atoms with van der Waals surface area (Å²) < 4.78 is 10.5. The van der Waals surface area contributed by atoms with E-state index >= 15 is 0 Å². The summed E-state index contributed by atoms with van der Waals surface area (Å²) in [5.41, 5.74) is 1.06. The standard InChI is InChI=1S/C15H21N3O4/c1-8(2)13-12(9(3)17-22-13)14(19)16-6-11-7-18(10-4-5-10)15(20)21-11/h8,10-11H,4-7H2,1-3H3,(H,16,19). The highest BCUT2D eigenvalue weighted by Crippen LogP contribution is 2.30. The summed E-state index contributed by atoms with van der Waals surface area (Å²) in [7, 11) is 0. The molecule has 1 aliphatic carbocycles. The fourth-order valence-electron chi connectivity index (χ4n) is 2.68. The third kappa shape index (κ3) is 2.80. The van der Waals surface area contributed by atoms with E-state index in [1.165, 1.54) is 0 Å². The summed E-state index contributed by atoms with van der Waals surface area (Å²) in [6.45, 7) is 6.49. The maximum Gasteiger partial charge on any atom is 0.410 e. The van der Waals surface area contributed by atoms with Gasteiger partial charge in [0.1, 0.15) is 11.7 Å². The van der Waals surface area contributed by atoms with Crippen LogP contribution in [0.3, 0.4) is 0 Å². The van der Waals surface area contributed by atoms with E-state index in [0.29, 0.717) is 36.1 Å². The van der Waals surface area contributed by atoms with Crippen LogP contribution in [0, 0.1) is 6.92 Å². The van der Waals surface area contributed by atoms with Gasteiger partial charge in [0, 0.05) is 12.0 Å². The summed E-state index contributed by atoms with van der Waals surface area (Å²) in [4.78, 5) is 25.8. The van der Waals surface area contributed by atoms with E-state index in [4.69, 9.17) is 9.26 Å². The molecular formula is C15H21N3O4. The Bertz CT molecular complexity index is 592. The van der Waals surface area contributed by atoms with Crippen LogP contribution in [0.5, 0.6) is 0 Å². The van der Waals surface area contributed by atoms with E-state index in [2.05, 4.69) is 10.5 Å². The van der Waals surface area contributed by atoms with Gasteiger partial charge in [-0.2, -0.15) is 0 Å². The number of nitrogens with one attached hydrogen (secondary N) is 1. The lowest BCUT2D eigenvalue weighted by Crippen LogP contribution is -2.35. The topological polar surface area (TPSA) is 84.7 Å². The van der Waals surface area contributed by atoms with Gasteiger partial charge >= 0.3 is 6.09 Å². The molecule has 2 amide bonds. The second kappa shape index (κ2) is 5.62. The first-order valence-electron chi connectivity index (χ1n) is 7.69. The second-order valence-corrected chi connectivity index (χ2v) is 6.26. The van der Waals surface area contributed by atoms with E-state index in [0.717, 1.165) is 12.8 Å². The van der Waals surface area contributed by atoms with Crippen LogP contribution < -0.4 is 5.32 Å². The van der Waals surface area contributed by atoms with Crippen molar-refractivity contribution in [2.24, 2.45) is 0 Å². The van der Waals surface area contributed by atoms with Gasteiger partial charge < -0.3 is 19.5 Å². The molecule has 7 nitrogen and oxygen atoms in total. The Kier molecular flexibility index (Phi) is 3.80. The van der Waals surface area contributed by atoms with Crippen molar-refractivity contribution in [2.45, 2.75) is 51.7 Å². The molecule has 0 bridgehead atoms. The van der Waals surface area contributed by atoms with Gasteiger partial charge in [0.05, 0.1) is 18.8 Å². The van der Waals surface area contributed by atoms with E-state index in [9.17, 15) is 9.59 Å². The van der Waals surface area contributed by atoms with Crippen LogP contribution in [0.2, 0.25) is 0 Å². The average molecular weight is 307 g/mol. The van der Waals surface area contributed by atoms with Crippen molar-refractivity contribution >= 4 is 12.0 Å². The largest absolute Gasteiger partial charge is 0.442 e. The first kappa shape index (κ1) is 14.9. The molecule has 1 aromatic heterocycles. The molecule has 0 radical (unpaired) electrons. The molecular weight excluding hydrogens is 286 g/mol. The summed E-state index contributed by atoms with van der Waals surface area (Å²) in [6.07, 6.45) is 1.53. The van der Waals surface area contributed by atoms with E-state index in [-0.39, 0.29) is 24.0 Å². The van der Waals surface area contributed by atoms with Gasteiger partial charge in [-0.15, -0.1) is 0 Å². The molecule has 22 heavy (non-hydrogen) atoms. The minimum absolute atomic E-state index is 0.0802. The Morgan fingerprint density at radius 1 is 1.45 bits per heavy atom. The minimum atomic E-state index is -0.292. The number of aryl methyl sites for hydroxylation is 1. The zero-order chi connectivity index (χ0) is 15.9. The highest BCUT2D eigenvalue weighted by molar-refractivity contribution is 5.96. The number of aromatic nitrogens is 1. The number of rotatable bonds is 5. The average Bonchev–Trinajstić information content (AvgIpc) is 3.13. The molecule has 7 heteroatoms. The van der Waals surface area contributed by atoms with Crippen LogP contribution in [-0.4, -0.2) is 47.3 Å². The highest BCUT2D eigenvalue weighted by Gasteiger charge is 2.41. The van der Waals surface area contributed by atoms with E-state index < -0.39 is 0 Å². The van der Waals surface area contributed by atoms with Crippen LogP contribution >= 0.6 is 0 Å². The van der Waals surface area contributed by atoms with Crippen LogP contribution in [0.4, 0.5) is 4.79 Å². The molecule has 1 aliphatic heterocycles. The van der Waals surface area contributed by atoms with Gasteiger partial charge in [-0.05, 0) is 19.8 Å². The lowest BCUT2D eigenvalue weighted by molar-refractivity contribution is 0.0911. The number of ether oxygens (including phenoxy) is 1. The number of nitrogens with zero attached hydrogens (tertiary/aromatic N) is 2. The van der Waals surface area contributed by atoms with E-state index in [1.54, 1.807) is 11.8 Å². The number of carbonyl (C=O) groups is 2. The number of hydrogen-bond acceptors (Lipinski definition) is 5. The lowest BCUT2D eigenvalue weighted by atomic mass is 10.0. The molecule has 1 unspecified atom stereocenters. The third-order valence-corrected chi connectivity index (χ3v) is 4.02. The number of carbonyl (C=O) groups excluding carboxylic acids is 2. The number of hydrogen-bond donors (Lipinski definition) is 1. The molecule has 3 rings (SSSR count).